The van der Waals surface area contributed by atoms with Gasteiger partial charge in [0.05, 0.1) is 11.9 Å². The number of halogens is 1. The number of hydrogen-bond acceptors (Lipinski definition) is 4. The number of carbonyl (C=O) groups is 2. The Labute approximate surface area is 213 Å². The molecule has 1 aliphatic rings. The first kappa shape index (κ1) is 27.0. The van der Waals surface area contributed by atoms with Crippen LogP contribution >= 0.6 is 11.6 Å². The highest BCUT2D eigenvalue weighted by molar-refractivity contribution is 7.92. The van der Waals surface area contributed by atoms with E-state index in [4.69, 9.17) is 11.6 Å². The summed E-state index contributed by atoms with van der Waals surface area (Å²) >= 11 is 6.09. The van der Waals surface area contributed by atoms with Gasteiger partial charge in [-0.05, 0) is 49.9 Å². The normalized spacial score (nSPS) is 15.0. The highest BCUT2D eigenvalue weighted by Gasteiger charge is 2.33. The van der Waals surface area contributed by atoms with Gasteiger partial charge in [-0.15, -0.1) is 0 Å². The average molecular weight is 520 g/mol. The third-order valence-corrected chi connectivity index (χ3v) is 7.67. The SMILES string of the molecule is CC[C@H](C(=O)NC1CCCC1)N(Cc1cccc(C)c1)C(=O)CN(c1cccc(Cl)c1)S(C)(=O)=O. The van der Waals surface area contributed by atoms with E-state index < -0.39 is 28.5 Å². The molecule has 1 N–H and O–H groups in total. The summed E-state index contributed by atoms with van der Waals surface area (Å²) in [5.41, 5.74) is 2.21. The largest absolute Gasteiger partial charge is 0.352 e. The van der Waals surface area contributed by atoms with Gasteiger partial charge in [-0.1, -0.05) is 67.3 Å². The van der Waals surface area contributed by atoms with E-state index in [2.05, 4.69) is 5.32 Å². The summed E-state index contributed by atoms with van der Waals surface area (Å²) in [6, 6.07) is 13.5. The van der Waals surface area contributed by atoms with Crippen molar-refractivity contribution in [3.05, 3.63) is 64.7 Å². The lowest BCUT2D eigenvalue weighted by atomic mass is 10.1. The third-order valence-electron chi connectivity index (χ3n) is 6.30. The topological polar surface area (TPSA) is 86.8 Å². The summed E-state index contributed by atoms with van der Waals surface area (Å²) in [7, 11) is -3.79. The lowest BCUT2D eigenvalue weighted by Crippen LogP contribution is -2.53. The third kappa shape index (κ3) is 7.45. The highest BCUT2D eigenvalue weighted by Crippen LogP contribution is 2.23. The summed E-state index contributed by atoms with van der Waals surface area (Å²) in [4.78, 5) is 28.5. The van der Waals surface area contributed by atoms with Gasteiger partial charge in [-0.25, -0.2) is 8.42 Å². The van der Waals surface area contributed by atoms with Crippen LogP contribution < -0.4 is 9.62 Å². The molecule has 7 nitrogen and oxygen atoms in total. The molecule has 1 saturated carbocycles. The summed E-state index contributed by atoms with van der Waals surface area (Å²) in [5.74, 6) is -0.653. The predicted molar refractivity (Wildman–Crippen MR) is 140 cm³/mol. The van der Waals surface area contributed by atoms with Crippen LogP contribution in [0.15, 0.2) is 48.5 Å². The molecule has 1 atom stereocenters. The van der Waals surface area contributed by atoms with E-state index >= 15 is 0 Å². The van der Waals surface area contributed by atoms with Crippen molar-refractivity contribution in [2.45, 2.75) is 64.6 Å². The molecule has 190 valence electrons. The molecule has 0 radical (unpaired) electrons. The molecule has 0 unspecified atom stereocenters. The lowest BCUT2D eigenvalue weighted by Gasteiger charge is -2.33. The monoisotopic (exact) mass is 519 g/mol. The number of nitrogens with zero attached hydrogens (tertiary/aromatic N) is 2. The first-order valence-electron chi connectivity index (χ1n) is 12.0. The van der Waals surface area contributed by atoms with Crippen molar-refractivity contribution in [1.29, 1.82) is 0 Å². The minimum atomic E-state index is -3.79. The number of anilines is 1. The summed E-state index contributed by atoms with van der Waals surface area (Å²) in [5, 5.41) is 3.47. The summed E-state index contributed by atoms with van der Waals surface area (Å²) in [6.07, 6.45) is 5.49. The van der Waals surface area contributed by atoms with E-state index in [1.54, 1.807) is 18.2 Å². The Morgan fingerprint density at radius 3 is 2.40 bits per heavy atom. The molecule has 0 heterocycles. The molecule has 1 fully saturated rings. The standard InChI is InChI=1S/C26H34ClN3O4S/c1-4-24(26(32)28-22-12-5-6-13-22)29(17-20-10-7-9-19(2)15-20)25(31)18-30(35(3,33)34)23-14-8-11-21(27)16-23/h7-11,14-16,22,24H,4-6,12-13,17-18H2,1-3H3,(H,28,32)/t24-/m1/s1. The first-order valence-corrected chi connectivity index (χ1v) is 14.2. The Bertz CT molecular complexity index is 1150. The van der Waals surface area contributed by atoms with Gasteiger partial charge < -0.3 is 10.2 Å². The smallest absolute Gasteiger partial charge is 0.244 e. The van der Waals surface area contributed by atoms with Crippen molar-refractivity contribution in [2.24, 2.45) is 0 Å². The van der Waals surface area contributed by atoms with Gasteiger partial charge in [0.2, 0.25) is 21.8 Å². The van der Waals surface area contributed by atoms with Crippen LogP contribution in [0.3, 0.4) is 0 Å². The number of hydrogen-bond donors (Lipinski definition) is 1. The average Bonchev–Trinajstić information content (AvgIpc) is 3.29. The molecule has 0 saturated heterocycles. The van der Waals surface area contributed by atoms with Crippen LogP contribution in [-0.2, 0) is 26.2 Å². The zero-order valence-electron chi connectivity index (χ0n) is 20.5. The summed E-state index contributed by atoms with van der Waals surface area (Å²) < 4.78 is 26.3. The zero-order valence-corrected chi connectivity index (χ0v) is 22.1. The van der Waals surface area contributed by atoms with Crippen molar-refractivity contribution in [3.63, 3.8) is 0 Å². The molecule has 0 spiro atoms. The number of nitrogens with one attached hydrogen (secondary N) is 1. The fraction of sp³-hybridized carbons (Fsp3) is 0.462. The van der Waals surface area contributed by atoms with Gasteiger partial charge in [0.1, 0.15) is 12.6 Å². The van der Waals surface area contributed by atoms with Crippen molar-refractivity contribution >= 4 is 39.1 Å². The van der Waals surface area contributed by atoms with Crippen LogP contribution in [0.25, 0.3) is 0 Å². The summed E-state index contributed by atoms with van der Waals surface area (Å²) in [6.45, 7) is 3.59. The minimum absolute atomic E-state index is 0.117. The molecule has 2 aromatic rings. The Balaban J connectivity index is 1.92. The molecule has 1 aliphatic carbocycles. The maximum absolute atomic E-state index is 13.7. The van der Waals surface area contributed by atoms with Crippen molar-refractivity contribution in [3.8, 4) is 0 Å². The van der Waals surface area contributed by atoms with Crippen LogP contribution in [0.4, 0.5) is 5.69 Å². The fourth-order valence-corrected chi connectivity index (χ4v) is 5.57. The number of amides is 2. The Morgan fingerprint density at radius 2 is 1.80 bits per heavy atom. The van der Waals surface area contributed by atoms with Crippen molar-refractivity contribution in [2.75, 3.05) is 17.1 Å². The molecule has 0 aliphatic heterocycles. The van der Waals surface area contributed by atoms with E-state index in [0.717, 1.165) is 47.4 Å². The molecule has 0 aromatic heterocycles. The van der Waals surface area contributed by atoms with Gasteiger partial charge in [0.25, 0.3) is 0 Å². The van der Waals surface area contributed by atoms with Gasteiger partial charge in [-0.3, -0.25) is 13.9 Å². The van der Waals surface area contributed by atoms with E-state index in [9.17, 15) is 18.0 Å². The van der Waals surface area contributed by atoms with E-state index in [0.29, 0.717) is 17.1 Å². The van der Waals surface area contributed by atoms with Gasteiger partial charge in [0.15, 0.2) is 0 Å². The second-order valence-electron chi connectivity index (χ2n) is 9.17. The number of aryl methyl sites for hydroxylation is 1. The van der Waals surface area contributed by atoms with E-state index in [1.165, 1.54) is 11.0 Å². The van der Waals surface area contributed by atoms with Gasteiger partial charge in [-0.2, -0.15) is 0 Å². The second kappa shape index (κ2) is 11.9. The maximum atomic E-state index is 13.7. The number of carbonyl (C=O) groups excluding carboxylic acids is 2. The van der Waals surface area contributed by atoms with Crippen molar-refractivity contribution < 1.29 is 18.0 Å². The Morgan fingerprint density at radius 1 is 1.11 bits per heavy atom. The van der Waals surface area contributed by atoms with Gasteiger partial charge >= 0.3 is 0 Å². The first-order chi connectivity index (χ1) is 16.6. The van der Waals surface area contributed by atoms with Gasteiger partial charge in [0, 0.05) is 17.6 Å². The molecule has 0 bridgehead atoms. The Hall–Kier alpha value is -2.58. The quantitative estimate of drug-likeness (QED) is 0.507. The van der Waals surface area contributed by atoms with E-state index in [1.807, 2.05) is 38.1 Å². The Kier molecular flexibility index (Phi) is 9.19. The van der Waals surface area contributed by atoms with Crippen LogP contribution in [-0.4, -0.2) is 50.0 Å². The molecule has 2 aromatic carbocycles. The van der Waals surface area contributed by atoms with Crippen LogP contribution in [0.5, 0.6) is 0 Å². The van der Waals surface area contributed by atoms with Crippen LogP contribution in [0, 0.1) is 6.92 Å². The molecule has 3 rings (SSSR count). The number of sulfonamides is 1. The number of benzene rings is 2. The van der Waals surface area contributed by atoms with Crippen LogP contribution in [0.2, 0.25) is 5.02 Å². The molecule has 9 heteroatoms. The number of rotatable bonds is 10. The van der Waals surface area contributed by atoms with Crippen LogP contribution in [0.1, 0.15) is 50.2 Å². The minimum Gasteiger partial charge on any atom is -0.352 e. The zero-order chi connectivity index (χ0) is 25.6. The maximum Gasteiger partial charge on any atom is 0.244 e. The van der Waals surface area contributed by atoms with Crippen molar-refractivity contribution in [1.82, 2.24) is 10.2 Å². The molecular weight excluding hydrogens is 486 g/mol. The molecular formula is C26H34ClN3O4S. The fourth-order valence-electron chi connectivity index (χ4n) is 4.54. The lowest BCUT2D eigenvalue weighted by molar-refractivity contribution is -0.140. The second-order valence-corrected chi connectivity index (χ2v) is 11.5. The highest BCUT2D eigenvalue weighted by atomic mass is 35.5. The molecule has 2 amide bonds. The van der Waals surface area contributed by atoms with E-state index in [-0.39, 0.29) is 18.5 Å². The molecule has 35 heavy (non-hydrogen) atoms. The predicted octanol–water partition coefficient (Wildman–Crippen LogP) is 4.28.